The van der Waals surface area contributed by atoms with Crippen molar-refractivity contribution >= 4 is 56.1 Å². The maximum Gasteiger partial charge on any atom is 0.338 e. The number of nitrogens with zero attached hydrogens (tertiary/aromatic N) is 2. The zero-order valence-electron chi connectivity index (χ0n) is 15.1. The number of ether oxygens (including phenoxy) is 1. The van der Waals surface area contributed by atoms with Gasteiger partial charge >= 0.3 is 5.97 Å². The van der Waals surface area contributed by atoms with Crippen molar-refractivity contribution in [2.24, 2.45) is 0 Å². The lowest BCUT2D eigenvalue weighted by Gasteiger charge is -2.13. The van der Waals surface area contributed by atoms with Crippen LogP contribution in [-0.2, 0) is 19.1 Å². The first-order valence-corrected chi connectivity index (χ1v) is 9.61. The summed E-state index contributed by atoms with van der Waals surface area (Å²) in [5.41, 5.74) is 1.39. The van der Waals surface area contributed by atoms with Crippen LogP contribution < -0.4 is 10.2 Å². The van der Waals surface area contributed by atoms with E-state index in [0.717, 1.165) is 15.1 Å². The summed E-state index contributed by atoms with van der Waals surface area (Å²) in [5, 5.41) is 3.03. The smallest absolute Gasteiger partial charge is 0.338 e. The van der Waals surface area contributed by atoms with Gasteiger partial charge in [0.15, 0.2) is 11.7 Å². The molecule has 1 saturated heterocycles. The van der Waals surface area contributed by atoms with Gasteiger partial charge in [0.2, 0.25) is 11.8 Å². The molecule has 0 aliphatic carbocycles. The largest absolute Gasteiger partial charge is 0.452 e. The van der Waals surface area contributed by atoms with E-state index in [2.05, 4.69) is 10.3 Å². The van der Waals surface area contributed by atoms with E-state index in [0.29, 0.717) is 10.8 Å². The highest BCUT2D eigenvalue weighted by Crippen LogP contribution is 2.25. The summed E-state index contributed by atoms with van der Waals surface area (Å²) in [6, 6.07) is 13.4. The summed E-state index contributed by atoms with van der Waals surface area (Å²) < 4.78 is 5.96. The van der Waals surface area contributed by atoms with E-state index in [9.17, 15) is 19.2 Å². The van der Waals surface area contributed by atoms with Gasteiger partial charge in [-0.2, -0.15) is 0 Å². The van der Waals surface area contributed by atoms with E-state index < -0.39 is 18.5 Å². The molecule has 1 aromatic heterocycles. The lowest BCUT2D eigenvalue weighted by molar-refractivity contribution is -0.121. The Kier molecular flexibility index (Phi) is 5.05. The molecule has 1 fully saturated rings. The molecule has 8 nitrogen and oxygen atoms in total. The van der Waals surface area contributed by atoms with E-state index in [-0.39, 0.29) is 30.2 Å². The fourth-order valence-corrected chi connectivity index (χ4v) is 3.79. The van der Waals surface area contributed by atoms with Gasteiger partial charge in [0.05, 0.1) is 21.5 Å². The molecule has 0 bridgehead atoms. The van der Waals surface area contributed by atoms with Crippen LogP contribution in [0.3, 0.4) is 0 Å². The number of carbonyl (C=O) groups is 4. The van der Waals surface area contributed by atoms with E-state index in [4.69, 9.17) is 4.74 Å². The Balaban J connectivity index is 1.33. The number of benzene rings is 2. The number of carbonyl (C=O) groups excluding carboxylic acids is 4. The van der Waals surface area contributed by atoms with Crippen LogP contribution in [0.4, 0.5) is 10.8 Å². The molecule has 1 aliphatic heterocycles. The molecule has 0 saturated carbocycles. The van der Waals surface area contributed by atoms with Crippen molar-refractivity contribution in [2.75, 3.05) is 16.8 Å². The molecule has 146 valence electrons. The Bertz CT molecular complexity index is 1070. The second-order valence-corrected chi connectivity index (χ2v) is 7.31. The van der Waals surface area contributed by atoms with Crippen molar-refractivity contribution in [3.63, 3.8) is 0 Å². The molecular formula is C20H15N3O5S. The minimum Gasteiger partial charge on any atom is -0.452 e. The number of nitrogens with one attached hydrogen (secondary N) is 1. The molecule has 9 heteroatoms. The number of esters is 1. The van der Waals surface area contributed by atoms with Crippen molar-refractivity contribution in [2.45, 2.75) is 12.8 Å². The van der Waals surface area contributed by atoms with Crippen LogP contribution in [0.15, 0.2) is 48.5 Å². The average Bonchev–Trinajstić information content (AvgIpc) is 3.28. The van der Waals surface area contributed by atoms with Gasteiger partial charge in [0.25, 0.3) is 5.91 Å². The predicted molar refractivity (Wildman–Crippen MR) is 107 cm³/mol. The van der Waals surface area contributed by atoms with Gasteiger partial charge in [0, 0.05) is 12.8 Å². The molecule has 0 unspecified atom stereocenters. The molecule has 2 heterocycles. The first-order chi connectivity index (χ1) is 14.0. The number of rotatable bonds is 5. The SMILES string of the molecule is O=C(COC(=O)c1ccc(N2C(=O)CCC2=O)cc1)Nc1nc2ccccc2s1. The fourth-order valence-electron chi connectivity index (χ4n) is 2.91. The first kappa shape index (κ1) is 18.8. The molecule has 4 rings (SSSR count). The number of amides is 3. The zero-order valence-corrected chi connectivity index (χ0v) is 15.9. The molecule has 1 aliphatic rings. The molecule has 3 amide bonds. The number of thiazole rings is 1. The normalized spacial score (nSPS) is 13.7. The van der Waals surface area contributed by atoms with Gasteiger partial charge in [-0.15, -0.1) is 0 Å². The standard InChI is InChI=1S/C20H15N3O5S/c24-16(22-20-21-14-3-1-2-4-15(14)29-20)11-28-19(27)12-5-7-13(8-6-12)23-17(25)9-10-18(23)26/h1-8H,9-11H2,(H,21,22,24). The number of aromatic nitrogens is 1. The van der Waals surface area contributed by atoms with E-state index in [1.54, 1.807) is 0 Å². The summed E-state index contributed by atoms with van der Waals surface area (Å²) >= 11 is 1.33. The van der Waals surface area contributed by atoms with E-state index >= 15 is 0 Å². The highest BCUT2D eigenvalue weighted by atomic mass is 32.1. The Morgan fingerprint density at radius 3 is 2.41 bits per heavy atom. The number of fused-ring (bicyclic) bond motifs is 1. The Hall–Kier alpha value is -3.59. The first-order valence-electron chi connectivity index (χ1n) is 8.79. The Morgan fingerprint density at radius 2 is 1.72 bits per heavy atom. The third kappa shape index (κ3) is 3.99. The third-order valence-electron chi connectivity index (χ3n) is 4.29. The van der Waals surface area contributed by atoms with Gasteiger partial charge in [-0.25, -0.2) is 9.78 Å². The number of para-hydroxylation sites is 1. The zero-order chi connectivity index (χ0) is 20.4. The van der Waals surface area contributed by atoms with Gasteiger partial charge in [-0.1, -0.05) is 23.5 Å². The molecular weight excluding hydrogens is 394 g/mol. The van der Waals surface area contributed by atoms with Crippen LogP contribution in [0.1, 0.15) is 23.2 Å². The number of hydrogen-bond donors (Lipinski definition) is 1. The maximum absolute atomic E-state index is 12.1. The van der Waals surface area contributed by atoms with E-state index in [1.807, 2.05) is 24.3 Å². The maximum atomic E-state index is 12.1. The number of hydrogen-bond acceptors (Lipinski definition) is 7. The summed E-state index contributed by atoms with van der Waals surface area (Å²) in [6.45, 7) is -0.459. The molecule has 3 aromatic rings. The van der Waals surface area contributed by atoms with Crippen LogP contribution in [-0.4, -0.2) is 35.3 Å². The molecule has 0 spiro atoms. The van der Waals surface area contributed by atoms with Crippen LogP contribution in [0.25, 0.3) is 10.2 Å². The fraction of sp³-hybridized carbons (Fsp3) is 0.150. The second kappa shape index (κ2) is 7.80. The topological polar surface area (TPSA) is 106 Å². The molecule has 1 N–H and O–H groups in total. The monoisotopic (exact) mass is 409 g/mol. The number of imide groups is 1. The average molecular weight is 409 g/mol. The summed E-state index contributed by atoms with van der Waals surface area (Å²) in [6.07, 6.45) is 0.374. The molecule has 2 aromatic carbocycles. The van der Waals surface area contributed by atoms with Crippen molar-refractivity contribution in [1.29, 1.82) is 0 Å². The van der Waals surface area contributed by atoms with Crippen LogP contribution in [0, 0.1) is 0 Å². The van der Waals surface area contributed by atoms with Gasteiger partial charge in [-0.05, 0) is 36.4 Å². The van der Waals surface area contributed by atoms with Crippen LogP contribution >= 0.6 is 11.3 Å². The highest BCUT2D eigenvalue weighted by molar-refractivity contribution is 7.22. The third-order valence-corrected chi connectivity index (χ3v) is 5.24. The summed E-state index contributed by atoms with van der Waals surface area (Å²) in [7, 11) is 0. The van der Waals surface area contributed by atoms with Crippen LogP contribution in [0.2, 0.25) is 0 Å². The molecule has 0 atom stereocenters. The Morgan fingerprint density at radius 1 is 1.03 bits per heavy atom. The van der Waals surface area contributed by atoms with Gasteiger partial charge < -0.3 is 4.74 Å². The lowest BCUT2D eigenvalue weighted by Crippen LogP contribution is -2.28. The van der Waals surface area contributed by atoms with Gasteiger partial charge in [-0.3, -0.25) is 24.6 Å². The predicted octanol–water partition coefficient (Wildman–Crippen LogP) is 2.75. The van der Waals surface area contributed by atoms with Crippen molar-refractivity contribution in [1.82, 2.24) is 4.98 Å². The van der Waals surface area contributed by atoms with Crippen LogP contribution in [0.5, 0.6) is 0 Å². The van der Waals surface area contributed by atoms with Crippen molar-refractivity contribution in [3.05, 3.63) is 54.1 Å². The lowest BCUT2D eigenvalue weighted by atomic mass is 10.2. The quantitative estimate of drug-likeness (QED) is 0.513. The summed E-state index contributed by atoms with van der Waals surface area (Å²) in [4.78, 5) is 53.1. The van der Waals surface area contributed by atoms with Crippen molar-refractivity contribution in [3.8, 4) is 0 Å². The van der Waals surface area contributed by atoms with Crippen molar-refractivity contribution < 1.29 is 23.9 Å². The highest BCUT2D eigenvalue weighted by Gasteiger charge is 2.30. The number of anilines is 2. The summed E-state index contributed by atoms with van der Waals surface area (Å²) in [5.74, 6) is -1.72. The molecule has 0 radical (unpaired) electrons. The molecule has 29 heavy (non-hydrogen) atoms. The minimum atomic E-state index is -0.685. The Labute approximate surface area is 169 Å². The minimum absolute atomic E-state index is 0.187. The van der Waals surface area contributed by atoms with Gasteiger partial charge in [0.1, 0.15) is 0 Å². The van der Waals surface area contributed by atoms with E-state index in [1.165, 1.54) is 35.6 Å². The second-order valence-electron chi connectivity index (χ2n) is 6.28.